The lowest BCUT2D eigenvalue weighted by Gasteiger charge is -2.49. The fraction of sp³-hybridized carbons (Fsp3) is 0.483. The second-order valence-electron chi connectivity index (χ2n) is 9.81. The van der Waals surface area contributed by atoms with E-state index in [1.807, 2.05) is 11.0 Å². The lowest BCUT2D eigenvalue weighted by Crippen LogP contribution is -2.61. The van der Waals surface area contributed by atoms with Crippen LogP contribution in [0.5, 0.6) is 0 Å². The maximum atomic E-state index is 13.8. The van der Waals surface area contributed by atoms with E-state index in [2.05, 4.69) is 56.8 Å². The highest BCUT2D eigenvalue weighted by atomic mass is 31.1. The first-order valence-corrected chi connectivity index (χ1v) is 14.0. The molecule has 182 valence electrons. The van der Waals surface area contributed by atoms with Crippen LogP contribution in [0.25, 0.3) is 0 Å². The molecule has 2 saturated heterocycles. The minimum absolute atomic E-state index is 0.100. The van der Waals surface area contributed by atoms with Crippen molar-refractivity contribution in [3.8, 4) is 0 Å². The van der Waals surface area contributed by atoms with Gasteiger partial charge in [-0.15, -0.1) is 8.58 Å². The number of allylic oxidation sites excluding steroid dienone is 9. The van der Waals surface area contributed by atoms with Gasteiger partial charge in [-0.25, -0.2) is 0 Å². The molecule has 1 amide bonds. The second kappa shape index (κ2) is 11.1. The molecule has 4 aliphatic rings. The first-order chi connectivity index (χ1) is 16.4. The van der Waals surface area contributed by atoms with Crippen LogP contribution in [-0.2, 0) is 9.53 Å². The van der Waals surface area contributed by atoms with Gasteiger partial charge in [0.1, 0.15) is 5.70 Å². The Morgan fingerprint density at radius 2 is 2.15 bits per heavy atom. The Kier molecular flexibility index (Phi) is 8.11. The summed E-state index contributed by atoms with van der Waals surface area (Å²) in [6, 6.07) is 0.307. The summed E-state index contributed by atoms with van der Waals surface area (Å²) in [5.41, 5.74) is 6.40. The van der Waals surface area contributed by atoms with Crippen molar-refractivity contribution in [2.75, 3.05) is 18.9 Å². The van der Waals surface area contributed by atoms with Gasteiger partial charge >= 0.3 is 0 Å². The van der Waals surface area contributed by atoms with E-state index in [-0.39, 0.29) is 12.1 Å². The topological polar surface area (TPSA) is 32.8 Å². The van der Waals surface area contributed by atoms with Crippen molar-refractivity contribution in [1.29, 1.82) is 0 Å². The van der Waals surface area contributed by atoms with Gasteiger partial charge in [0.2, 0.25) is 0 Å². The highest BCUT2D eigenvalue weighted by Gasteiger charge is 2.49. The smallest absolute Gasteiger partial charge is 0.273 e. The minimum Gasteiger partial charge on any atom is -0.353 e. The molecule has 0 N–H and O–H groups in total. The first kappa shape index (κ1) is 24.9. The quantitative estimate of drug-likeness (QED) is 0.162. The summed E-state index contributed by atoms with van der Waals surface area (Å²) in [4.78, 5) is 18.0. The van der Waals surface area contributed by atoms with E-state index in [4.69, 9.17) is 4.74 Å². The number of nitrogens with zero attached hydrogens (tertiary/aromatic N) is 2. The zero-order valence-electron chi connectivity index (χ0n) is 20.8. The largest absolute Gasteiger partial charge is 0.353 e. The van der Waals surface area contributed by atoms with E-state index < -0.39 is 0 Å². The summed E-state index contributed by atoms with van der Waals surface area (Å²) in [6.07, 6.45) is 18.4. The maximum absolute atomic E-state index is 13.8. The van der Waals surface area contributed by atoms with Crippen molar-refractivity contribution in [3.05, 3.63) is 83.8 Å². The lowest BCUT2D eigenvalue weighted by molar-refractivity contribution is -0.176. The normalized spacial score (nSPS) is 27.1. The number of amides is 1. The van der Waals surface area contributed by atoms with Crippen LogP contribution in [0.3, 0.4) is 0 Å². The maximum Gasteiger partial charge on any atom is 0.273 e. The van der Waals surface area contributed by atoms with Crippen LogP contribution < -0.4 is 0 Å². The number of carbonyl (C=O) groups excluding carboxylic acids is 1. The summed E-state index contributed by atoms with van der Waals surface area (Å²) in [5, 5.41) is 0. The average molecular weight is 479 g/mol. The Hall–Kier alpha value is -2.16. The van der Waals surface area contributed by atoms with Gasteiger partial charge in [-0.3, -0.25) is 4.79 Å². The molecule has 4 nitrogen and oxygen atoms in total. The van der Waals surface area contributed by atoms with E-state index >= 15 is 0 Å². The van der Waals surface area contributed by atoms with Crippen molar-refractivity contribution >= 4 is 14.5 Å². The number of piperazine rings is 1. The van der Waals surface area contributed by atoms with Gasteiger partial charge in [-0.2, -0.15) is 0 Å². The number of ether oxygens (including phenoxy) is 1. The van der Waals surface area contributed by atoms with Crippen molar-refractivity contribution in [3.63, 3.8) is 0 Å². The number of hydrogen-bond acceptors (Lipinski definition) is 3. The van der Waals surface area contributed by atoms with E-state index in [1.54, 1.807) is 6.08 Å². The van der Waals surface area contributed by atoms with E-state index in [1.165, 1.54) is 17.9 Å². The van der Waals surface area contributed by atoms with Gasteiger partial charge in [0, 0.05) is 12.2 Å². The van der Waals surface area contributed by atoms with Gasteiger partial charge in [0.05, 0.1) is 12.6 Å². The van der Waals surface area contributed by atoms with Crippen LogP contribution in [0.1, 0.15) is 52.4 Å². The monoisotopic (exact) mass is 478 g/mol. The minimum atomic E-state index is -0.145. The summed E-state index contributed by atoms with van der Waals surface area (Å²) >= 11 is 0. The van der Waals surface area contributed by atoms with Crippen LogP contribution >= 0.6 is 8.58 Å². The van der Waals surface area contributed by atoms with Crippen molar-refractivity contribution in [2.24, 2.45) is 0 Å². The van der Waals surface area contributed by atoms with E-state index in [0.29, 0.717) is 25.1 Å². The molecule has 2 bridgehead atoms. The molecule has 1 aliphatic carbocycles. The average Bonchev–Trinajstić information content (AvgIpc) is 3.17. The lowest BCUT2D eigenvalue weighted by atomic mass is 9.87. The first-order valence-electron chi connectivity index (χ1n) is 12.6. The van der Waals surface area contributed by atoms with E-state index in [9.17, 15) is 4.79 Å². The molecule has 3 aliphatic heterocycles. The van der Waals surface area contributed by atoms with Crippen LogP contribution in [0.2, 0.25) is 0 Å². The van der Waals surface area contributed by atoms with Crippen LogP contribution in [0.4, 0.5) is 0 Å². The van der Waals surface area contributed by atoms with Gasteiger partial charge in [-0.05, 0) is 74.5 Å². The predicted octanol–water partition coefficient (Wildman–Crippen LogP) is 6.23. The molecule has 3 heterocycles. The molecule has 0 radical (unpaired) electrons. The molecule has 4 unspecified atom stereocenters. The highest BCUT2D eigenvalue weighted by molar-refractivity contribution is 7.37. The van der Waals surface area contributed by atoms with Crippen molar-refractivity contribution in [1.82, 2.24) is 9.80 Å². The second-order valence-corrected chi connectivity index (χ2v) is 11.5. The third-order valence-electron chi connectivity index (χ3n) is 7.32. The number of hydrogen-bond donors (Lipinski definition) is 0. The Morgan fingerprint density at radius 3 is 2.91 bits per heavy atom. The molecule has 0 aromatic carbocycles. The number of fused-ring (bicyclic) bond motifs is 5. The van der Waals surface area contributed by atoms with Crippen LogP contribution in [0.15, 0.2) is 83.8 Å². The predicted molar refractivity (Wildman–Crippen MR) is 144 cm³/mol. The molecule has 0 aromatic heterocycles. The summed E-state index contributed by atoms with van der Waals surface area (Å²) < 4.78 is 6.28. The SMILES string of the molecule is C=C/C=C\C=C(/CCPCC)CC(=C)CC1=C2C(=O)N3C4CCC(C4)OC3CN2C=C(C)C1=C. The summed E-state index contributed by atoms with van der Waals surface area (Å²) in [5.74, 6) is 0.100. The molecule has 34 heavy (non-hydrogen) atoms. The van der Waals surface area contributed by atoms with Gasteiger partial charge in [0.25, 0.3) is 5.91 Å². The fourth-order valence-electron chi connectivity index (χ4n) is 5.61. The Balaban J connectivity index is 1.56. The molecule has 1 saturated carbocycles. The van der Waals surface area contributed by atoms with Crippen molar-refractivity contribution < 1.29 is 9.53 Å². The highest BCUT2D eigenvalue weighted by Crippen LogP contribution is 2.42. The number of carbonyl (C=O) groups is 1. The Bertz CT molecular complexity index is 986. The Morgan fingerprint density at radius 1 is 1.32 bits per heavy atom. The van der Waals surface area contributed by atoms with Crippen LogP contribution in [-0.4, -0.2) is 52.9 Å². The summed E-state index contributed by atoms with van der Waals surface area (Å²) in [6.45, 7) is 17.6. The van der Waals surface area contributed by atoms with Crippen molar-refractivity contribution in [2.45, 2.75) is 70.7 Å². The third kappa shape index (κ3) is 5.24. The Labute approximate surface area is 207 Å². The fourth-order valence-corrected chi connectivity index (χ4v) is 6.46. The molecule has 0 aromatic rings. The van der Waals surface area contributed by atoms with Gasteiger partial charge in [0.15, 0.2) is 6.23 Å². The summed E-state index contributed by atoms with van der Waals surface area (Å²) in [7, 11) is 0.990. The number of rotatable bonds is 10. The zero-order valence-corrected chi connectivity index (χ0v) is 21.8. The zero-order chi connectivity index (χ0) is 24.2. The third-order valence-corrected chi connectivity index (χ3v) is 8.42. The van der Waals surface area contributed by atoms with E-state index in [0.717, 1.165) is 68.7 Å². The molecular formula is C29H39N2O2P. The molecule has 4 atom stereocenters. The molecular weight excluding hydrogens is 439 g/mol. The van der Waals surface area contributed by atoms with Gasteiger partial charge in [-0.1, -0.05) is 62.1 Å². The molecule has 5 heteroatoms. The molecule has 3 fully saturated rings. The standard InChI is InChI=1S/C29H39N2O2P/c1-6-8-9-10-23(13-14-34-7-2)15-20(3)16-26-22(5)21(4)18-30-19-27-31(29(32)28(26)30)24-11-12-25(17-24)33-27/h6,8-10,18,24-25,27,34H,1,3,5,7,11-17,19H2,2,4H3/b9-8-,23-10+. The van der Waals surface area contributed by atoms with Gasteiger partial charge < -0.3 is 14.5 Å². The van der Waals surface area contributed by atoms with Crippen LogP contribution in [0, 0.1) is 0 Å². The molecule has 4 rings (SSSR count). The molecule has 0 spiro atoms.